The summed E-state index contributed by atoms with van der Waals surface area (Å²) in [4.78, 5) is 0. The molecule has 4 rings (SSSR count). The molecule has 0 saturated carbocycles. The number of ether oxygens (including phenoxy) is 3. The van der Waals surface area contributed by atoms with Crippen LogP contribution in [0.5, 0.6) is 28.7 Å². The summed E-state index contributed by atoms with van der Waals surface area (Å²) >= 11 is 0. The van der Waals surface area contributed by atoms with Gasteiger partial charge in [-0.15, -0.1) is 0 Å². The number of hydrogen-bond acceptors (Lipinski definition) is 3. The molecule has 0 spiro atoms. The van der Waals surface area contributed by atoms with Crippen LogP contribution < -0.4 is 14.2 Å². The van der Waals surface area contributed by atoms with Crippen LogP contribution in [0.3, 0.4) is 0 Å². The molecule has 98 valence electrons. The molecule has 0 aliphatic carbocycles. The highest BCUT2D eigenvalue weighted by molar-refractivity contribution is 5.86. The number of methoxy groups -OCH3 is 1. The van der Waals surface area contributed by atoms with Gasteiger partial charge < -0.3 is 14.2 Å². The van der Waals surface area contributed by atoms with Crippen LogP contribution in [0.15, 0.2) is 54.6 Å². The zero-order valence-electron chi connectivity index (χ0n) is 10.9. The molecule has 0 aromatic heterocycles. The lowest BCUT2D eigenvalue weighted by molar-refractivity contribution is 0.354. The van der Waals surface area contributed by atoms with Gasteiger partial charge in [-0.25, -0.2) is 0 Å². The molecule has 0 unspecified atom stereocenters. The SMILES string of the molecule is COc1ccc2c(c1)Oc1cc3ccccc3cc1O2. The Morgan fingerprint density at radius 1 is 0.700 bits per heavy atom. The fourth-order valence-corrected chi connectivity index (χ4v) is 2.37. The van der Waals surface area contributed by atoms with Gasteiger partial charge in [-0.05, 0) is 35.0 Å². The lowest BCUT2D eigenvalue weighted by atomic mass is 10.1. The zero-order chi connectivity index (χ0) is 13.5. The predicted octanol–water partition coefficient (Wildman–Crippen LogP) is 4.75. The Morgan fingerprint density at radius 3 is 1.95 bits per heavy atom. The lowest BCUT2D eigenvalue weighted by Crippen LogP contribution is -1.99. The van der Waals surface area contributed by atoms with Crippen molar-refractivity contribution in [2.45, 2.75) is 0 Å². The molecular weight excluding hydrogens is 252 g/mol. The van der Waals surface area contributed by atoms with Crippen LogP contribution in [0.25, 0.3) is 10.8 Å². The van der Waals surface area contributed by atoms with E-state index < -0.39 is 0 Å². The summed E-state index contributed by atoms with van der Waals surface area (Å²) in [5.41, 5.74) is 0. The Hall–Kier alpha value is -2.68. The van der Waals surface area contributed by atoms with E-state index in [1.807, 2.05) is 42.5 Å². The normalized spacial score (nSPS) is 12.1. The summed E-state index contributed by atoms with van der Waals surface area (Å²) in [5.74, 6) is 3.59. The highest BCUT2D eigenvalue weighted by Crippen LogP contribution is 2.47. The van der Waals surface area contributed by atoms with E-state index in [4.69, 9.17) is 14.2 Å². The third-order valence-electron chi connectivity index (χ3n) is 3.40. The third kappa shape index (κ3) is 1.67. The first-order valence-corrected chi connectivity index (χ1v) is 6.40. The first kappa shape index (κ1) is 11.2. The van der Waals surface area contributed by atoms with E-state index in [9.17, 15) is 0 Å². The van der Waals surface area contributed by atoms with Crippen LogP contribution in [-0.4, -0.2) is 7.11 Å². The molecule has 0 radical (unpaired) electrons. The average molecular weight is 264 g/mol. The van der Waals surface area contributed by atoms with E-state index in [2.05, 4.69) is 12.1 Å². The van der Waals surface area contributed by atoms with Crippen LogP contribution >= 0.6 is 0 Å². The summed E-state index contributed by atoms with van der Waals surface area (Å²) in [6.45, 7) is 0. The Labute approximate surface area is 116 Å². The molecule has 3 heteroatoms. The fourth-order valence-electron chi connectivity index (χ4n) is 2.37. The van der Waals surface area contributed by atoms with Gasteiger partial charge >= 0.3 is 0 Å². The largest absolute Gasteiger partial charge is 0.497 e. The summed E-state index contributed by atoms with van der Waals surface area (Å²) in [7, 11) is 1.63. The maximum Gasteiger partial charge on any atom is 0.173 e. The molecule has 0 bridgehead atoms. The van der Waals surface area contributed by atoms with Crippen LogP contribution in [0.4, 0.5) is 0 Å². The van der Waals surface area contributed by atoms with Gasteiger partial charge in [0.15, 0.2) is 23.0 Å². The number of benzene rings is 3. The molecule has 0 atom stereocenters. The minimum Gasteiger partial charge on any atom is -0.497 e. The number of rotatable bonds is 1. The van der Waals surface area contributed by atoms with E-state index in [0.717, 1.165) is 28.0 Å². The van der Waals surface area contributed by atoms with Gasteiger partial charge in [-0.3, -0.25) is 0 Å². The smallest absolute Gasteiger partial charge is 0.173 e. The van der Waals surface area contributed by atoms with Crippen molar-refractivity contribution in [2.75, 3.05) is 7.11 Å². The quantitative estimate of drug-likeness (QED) is 0.496. The monoisotopic (exact) mass is 264 g/mol. The average Bonchev–Trinajstić information content (AvgIpc) is 2.50. The fraction of sp³-hybridized carbons (Fsp3) is 0.0588. The second-order valence-electron chi connectivity index (χ2n) is 4.66. The molecule has 1 aliphatic rings. The molecule has 3 aromatic carbocycles. The van der Waals surface area contributed by atoms with Gasteiger partial charge in [0.2, 0.25) is 0 Å². The first-order chi connectivity index (χ1) is 9.83. The maximum atomic E-state index is 5.92. The van der Waals surface area contributed by atoms with Crippen LogP contribution in [0.2, 0.25) is 0 Å². The van der Waals surface area contributed by atoms with Crippen LogP contribution in [0.1, 0.15) is 0 Å². The molecule has 0 fully saturated rings. The molecule has 1 aliphatic heterocycles. The predicted molar refractivity (Wildman–Crippen MR) is 77.1 cm³/mol. The van der Waals surface area contributed by atoms with Crippen molar-refractivity contribution in [1.82, 2.24) is 0 Å². The molecule has 3 nitrogen and oxygen atoms in total. The van der Waals surface area contributed by atoms with Gasteiger partial charge in [0, 0.05) is 6.07 Å². The van der Waals surface area contributed by atoms with Crippen molar-refractivity contribution in [3.63, 3.8) is 0 Å². The van der Waals surface area contributed by atoms with Gasteiger partial charge in [0.25, 0.3) is 0 Å². The highest BCUT2D eigenvalue weighted by Gasteiger charge is 2.19. The Bertz CT molecular complexity index is 808. The van der Waals surface area contributed by atoms with Gasteiger partial charge in [0.1, 0.15) is 5.75 Å². The Morgan fingerprint density at radius 2 is 1.30 bits per heavy atom. The van der Waals surface area contributed by atoms with Crippen molar-refractivity contribution in [3.8, 4) is 28.7 Å². The second kappa shape index (κ2) is 4.17. The van der Waals surface area contributed by atoms with Crippen LogP contribution in [-0.2, 0) is 0 Å². The van der Waals surface area contributed by atoms with E-state index in [1.54, 1.807) is 7.11 Å². The van der Waals surface area contributed by atoms with Gasteiger partial charge in [-0.1, -0.05) is 24.3 Å². The summed E-state index contributed by atoms with van der Waals surface area (Å²) < 4.78 is 17.0. The summed E-state index contributed by atoms with van der Waals surface area (Å²) in [5, 5.41) is 2.26. The minimum atomic E-state index is 0.673. The highest BCUT2D eigenvalue weighted by atomic mass is 16.6. The number of fused-ring (bicyclic) bond motifs is 3. The van der Waals surface area contributed by atoms with E-state index >= 15 is 0 Å². The van der Waals surface area contributed by atoms with Gasteiger partial charge in [-0.2, -0.15) is 0 Å². The van der Waals surface area contributed by atoms with Crippen molar-refractivity contribution in [2.24, 2.45) is 0 Å². The molecular formula is C17H12O3. The maximum absolute atomic E-state index is 5.92. The molecule has 0 N–H and O–H groups in total. The van der Waals surface area contributed by atoms with Crippen molar-refractivity contribution < 1.29 is 14.2 Å². The van der Waals surface area contributed by atoms with Crippen molar-refractivity contribution in [3.05, 3.63) is 54.6 Å². The van der Waals surface area contributed by atoms with Crippen LogP contribution in [0, 0.1) is 0 Å². The molecule has 1 heterocycles. The minimum absolute atomic E-state index is 0.673. The van der Waals surface area contributed by atoms with E-state index in [-0.39, 0.29) is 0 Å². The Balaban J connectivity index is 1.85. The number of hydrogen-bond donors (Lipinski definition) is 0. The molecule has 3 aromatic rings. The first-order valence-electron chi connectivity index (χ1n) is 6.40. The third-order valence-corrected chi connectivity index (χ3v) is 3.40. The molecule has 0 saturated heterocycles. The van der Waals surface area contributed by atoms with Crippen molar-refractivity contribution >= 4 is 10.8 Å². The van der Waals surface area contributed by atoms with E-state index in [1.165, 1.54) is 0 Å². The lowest BCUT2D eigenvalue weighted by Gasteiger charge is -2.21. The summed E-state index contributed by atoms with van der Waals surface area (Å²) in [6.07, 6.45) is 0. The van der Waals surface area contributed by atoms with Gasteiger partial charge in [0.05, 0.1) is 7.11 Å². The van der Waals surface area contributed by atoms with E-state index in [0.29, 0.717) is 11.5 Å². The zero-order valence-corrected chi connectivity index (χ0v) is 10.9. The van der Waals surface area contributed by atoms with Crippen molar-refractivity contribution in [1.29, 1.82) is 0 Å². The standard InChI is InChI=1S/C17H12O3/c1-18-13-6-7-14-17(10-13)20-16-9-12-5-3-2-4-11(12)8-15(16)19-14/h2-10H,1H3. The summed E-state index contributed by atoms with van der Waals surface area (Å²) in [6, 6.07) is 17.7. The topological polar surface area (TPSA) is 27.7 Å². The molecule has 20 heavy (non-hydrogen) atoms. The molecule has 0 amide bonds. The second-order valence-corrected chi connectivity index (χ2v) is 4.66. The Kier molecular flexibility index (Phi) is 2.33.